The lowest BCUT2D eigenvalue weighted by Gasteiger charge is -2.41. The molecule has 0 radical (unpaired) electrons. The van der Waals surface area contributed by atoms with E-state index in [0.717, 1.165) is 24.0 Å². The van der Waals surface area contributed by atoms with Crippen molar-refractivity contribution >= 4 is 23.3 Å². The van der Waals surface area contributed by atoms with Gasteiger partial charge in [0.15, 0.2) is 5.82 Å². The van der Waals surface area contributed by atoms with Gasteiger partial charge >= 0.3 is 0 Å². The highest BCUT2D eigenvalue weighted by Crippen LogP contribution is 2.42. The first-order valence-corrected chi connectivity index (χ1v) is 9.78. The average molecular weight is 395 g/mol. The number of benzene rings is 2. The van der Waals surface area contributed by atoms with Crippen molar-refractivity contribution in [3.05, 3.63) is 59.1 Å². The Hall–Kier alpha value is -2.86. The van der Waals surface area contributed by atoms with Crippen LogP contribution in [0.15, 0.2) is 48.5 Å². The standard InChI is InChI=1S/C21H19ClN4O2/c22-14-6-1-5-13(10-14)20-24-21-23-16-8-3-9-17(28)18(16)19(26(21)25-20)12-4-2-7-15(27)11-12/h1-2,4-7,10-11,16,18-19,27H,3,8-9H2,(H,23,24,25)/t16-,18+,19-/m0/s1. The first-order chi connectivity index (χ1) is 13.6. The van der Waals surface area contributed by atoms with E-state index in [1.54, 1.807) is 22.9 Å². The molecule has 28 heavy (non-hydrogen) atoms. The fourth-order valence-electron chi connectivity index (χ4n) is 4.37. The molecule has 3 aromatic rings. The Morgan fingerprint density at radius 2 is 2.04 bits per heavy atom. The van der Waals surface area contributed by atoms with Crippen LogP contribution < -0.4 is 5.32 Å². The van der Waals surface area contributed by atoms with Crippen LogP contribution in [-0.4, -0.2) is 31.7 Å². The van der Waals surface area contributed by atoms with Crippen molar-refractivity contribution in [2.24, 2.45) is 5.92 Å². The predicted molar refractivity (Wildman–Crippen MR) is 106 cm³/mol. The summed E-state index contributed by atoms with van der Waals surface area (Å²) in [6.07, 6.45) is 2.35. The minimum atomic E-state index is -0.304. The highest BCUT2D eigenvalue weighted by molar-refractivity contribution is 6.30. The summed E-state index contributed by atoms with van der Waals surface area (Å²) in [6.45, 7) is 0. The summed E-state index contributed by atoms with van der Waals surface area (Å²) >= 11 is 6.13. The molecule has 1 aliphatic heterocycles. The van der Waals surface area contributed by atoms with Crippen molar-refractivity contribution in [3.63, 3.8) is 0 Å². The molecule has 0 amide bonds. The molecule has 7 heteroatoms. The molecule has 142 valence electrons. The van der Waals surface area contributed by atoms with E-state index >= 15 is 0 Å². The number of Topliss-reactive ketones (excluding diaryl/α,β-unsaturated/α-hetero) is 1. The number of aromatic hydroxyl groups is 1. The molecule has 1 fully saturated rings. The highest BCUT2D eigenvalue weighted by Gasteiger charge is 2.45. The number of nitrogens with zero attached hydrogens (tertiary/aromatic N) is 3. The third kappa shape index (κ3) is 2.85. The molecule has 2 aliphatic rings. The maximum Gasteiger partial charge on any atom is 0.222 e. The van der Waals surface area contributed by atoms with Crippen LogP contribution in [0.4, 0.5) is 5.95 Å². The van der Waals surface area contributed by atoms with E-state index in [1.165, 1.54) is 0 Å². The maximum atomic E-state index is 12.8. The topological polar surface area (TPSA) is 80.0 Å². The van der Waals surface area contributed by atoms with Crippen LogP contribution in [0.25, 0.3) is 11.4 Å². The van der Waals surface area contributed by atoms with Crippen molar-refractivity contribution in [3.8, 4) is 17.1 Å². The van der Waals surface area contributed by atoms with Gasteiger partial charge in [0.1, 0.15) is 11.5 Å². The number of carbonyl (C=O) groups is 1. The van der Waals surface area contributed by atoms with Gasteiger partial charge in [-0.25, -0.2) is 4.68 Å². The lowest BCUT2D eigenvalue weighted by molar-refractivity contribution is -0.126. The molecule has 6 nitrogen and oxygen atoms in total. The number of phenolic OH excluding ortho intramolecular Hbond substituents is 1. The Kier molecular flexibility index (Phi) is 4.09. The Bertz CT molecular complexity index is 1060. The maximum absolute atomic E-state index is 12.8. The van der Waals surface area contributed by atoms with Crippen LogP contribution in [-0.2, 0) is 4.79 Å². The second kappa shape index (κ2) is 6.63. The van der Waals surface area contributed by atoms with E-state index in [4.69, 9.17) is 16.7 Å². The molecule has 5 rings (SSSR count). The number of ketones is 1. The van der Waals surface area contributed by atoms with Crippen LogP contribution in [0.2, 0.25) is 5.02 Å². The number of hydrogen-bond donors (Lipinski definition) is 2. The fourth-order valence-corrected chi connectivity index (χ4v) is 4.56. The van der Waals surface area contributed by atoms with E-state index in [1.807, 2.05) is 30.3 Å². The number of nitrogens with one attached hydrogen (secondary N) is 1. The van der Waals surface area contributed by atoms with Gasteiger partial charge in [0.2, 0.25) is 5.95 Å². The van der Waals surface area contributed by atoms with E-state index in [0.29, 0.717) is 23.2 Å². The van der Waals surface area contributed by atoms with Gasteiger partial charge < -0.3 is 10.4 Å². The largest absolute Gasteiger partial charge is 0.508 e. The number of hydrogen-bond acceptors (Lipinski definition) is 5. The summed E-state index contributed by atoms with van der Waals surface area (Å²) in [6, 6.07) is 14.2. The summed E-state index contributed by atoms with van der Waals surface area (Å²) in [4.78, 5) is 17.5. The summed E-state index contributed by atoms with van der Waals surface area (Å²) < 4.78 is 1.79. The van der Waals surface area contributed by atoms with Crippen LogP contribution in [0, 0.1) is 5.92 Å². The molecular formula is C21H19ClN4O2. The van der Waals surface area contributed by atoms with Crippen molar-refractivity contribution in [1.29, 1.82) is 0 Å². The molecule has 3 atom stereocenters. The van der Waals surface area contributed by atoms with Crippen LogP contribution in [0.3, 0.4) is 0 Å². The molecule has 1 aliphatic carbocycles. The predicted octanol–water partition coefficient (Wildman–Crippen LogP) is 4.06. The minimum absolute atomic E-state index is 0.0116. The highest BCUT2D eigenvalue weighted by atomic mass is 35.5. The molecule has 1 aromatic heterocycles. The van der Waals surface area contributed by atoms with Crippen LogP contribution in [0.5, 0.6) is 5.75 Å². The van der Waals surface area contributed by atoms with E-state index < -0.39 is 0 Å². The molecule has 2 aromatic carbocycles. The number of anilines is 1. The smallest absolute Gasteiger partial charge is 0.222 e. The molecule has 0 spiro atoms. The number of aromatic nitrogens is 3. The van der Waals surface area contributed by atoms with E-state index in [9.17, 15) is 9.90 Å². The molecular weight excluding hydrogens is 376 g/mol. The summed E-state index contributed by atoms with van der Waals surface area (Å²) in [5.41, 5.74) is 1.68. The van der Waals surface area contributed by atoms with Crippen LogP contribution >= 0.6 is 11.6 Å². The van der Waals surface area contributed by atoms with Crippen molar-refractivity contribution in [2.45, 2.75) is 31.3 Å². The number of phenols is 1. The van der Waals surface area contributed by atoms with Crippen molar-refractivity contribution in [2.75, 3.05) is 5.32 Å². The van der Waals surface area contributed by atoms with Gasteiger partial charge in [-0.05, 0) is 42.7 Å². The average Bonchev–Trinajstić information content (AvgIpc) is 3.10. The molecule has 2 heterocycles. The van der Waals surface area contributed by atoms with Gasteiger partial charge in [0, 0.05) is 23.0 Å². The number of halogens is 1. The summed E-state index contributed by atoms with van der Waals surface area (Å²) in [5.74, 6) is 1.35. The van der Waals surface area contributed by atoms with Crippen molar-refractivity contribution in [1.82, 2.24) is 14.8 Å². The molecule has 0 unspecified atom stereocenters. The lowest BCUT2D eigenvalue weighted by atomic mass is 9.75. The van der Waals surface area contributed by atoms with Crippen LogP contribution in [0.1, 0.15) is 30.9 Å². The van der Waals surface area contributed by atoms with Crippen molar-refractivity contribution < 1.29 is 9.90 Å². The second-order valence-corrected chi connectivity index (χ2v) is 7.83. The Balaban J connectivity index is 1.66. The van der Waals surface area contributed by atoms with Gasteiger partial charge in [0.25, 0.3) is 0 Å². The number of rotatable bonds is 2. The number of fused-ring (bicyclic) bond motifs is 2. The molecule has 0 saturated heterocycles. The molecule has 2 N–H and O–H groups in total. The van der Waals surface area contributed by atoms with Gasteiger partial charge in [-0.1, -0.05) is 35.9 Å². The zero-order valence-electron chi connectivity index (χ0n) is 15.0. The molecule has 0 bridgehead atoms. The quantitative estimate of drug-likeness (QED) is 0.685. The van der Waals surface area contributed by atoms with Gasteiger partial charge in [0.05, 0.1) is 12.0 Å². The van der Waals surface area contributed by atoms with Gasteiger partial charge in [-0.15, -0.1) is 5.10 Å². The third-order valence-electron chi connectivity index (χ3n) is 5.59. The first-order valence-electron chi connectivity index (χ1n) is 9.41. The summed E-state index contributed by atoms with van der Waals surface area (Å²) in [5, 5.41) is 18.8. The van der Waals surface area contributed by atoms with E-state index in [2.05, 4.69) is 10.3 Å². The Labute approximate surface area is 167 Å². The SMILES string of the molecule is O=C1CCC[C@@H]2Nc3nc(-c4cccc(Cl)c4)nn3[C@@H](c3cccc(O)c3)[C@@H]12. The zero-order valence-corrected chi connectivity index (χ0v) is 15.8. The first kappa shape index (κ1) is 17.3. The van der Waals surface area contributed by atoms with E-state index in [-0.39, 0.29) is 29.5 Å². The number of carbonyl (C=O) groups excluding carboxylic acids is 1. The minimum Gasteiger partial charge on any atom is -0.508 e. The second-order valence-electron chi connectivity index (χ2n) is 7.39. The lowest BCUT2D eigenvalue weighted by Crippen LogP contribution is -2.48. The zero-order chi connectivity index (χ0) is 19.3. The van der Waals surface area contributed by atoms with Gasteiger partial charge in [-0.2, -0.15) is 4.98 Å². The Morgan fingerprint density at radius 3 is 2.86 bits per heavy atom. The Morgan fingerprint density at radius 1 is 1.18 bits per heavy atom. The monoisotopic (exact) mass is 394 g/mol. The fraction of sp³-hybridized carbons (Fsp3) is 0.286. The normalized spacial score (nSPS) is 23.6. The van der Waals surface area contributed by atoms with Gasteiger partial charge in [-0.3, -0.25) is 4.79 Å². The molecule has 1 saturated carbocycles. The summed E-state index contributed by atoms with van der Waals surface area (Å²) in [7, 11) is 0. The third-order valence-corrected chi connectivity index (χ3v) is 5.82.